The fraction of sp³-hybridized carbons (Fsp3) is 0.714. The van der Waals surface area contributed by atoms with Gasteiger partial charge in [0.15, 0.2) is 0 Å². The Balaban J connectivity index is 2.47. The summed E-state index contributed by atoms with van der Waals surface area (Å²) in [5, 5.41) is 0. The summed E-state index contributed by atoms with van der Waals surface area (Å²) in [7, 11) is 5.15. The van der Waals surface area contributed by atoms with E-state index >= 15 is 0 Å². The van der Waals surface area contributed by atoms with Gasteiger partial charge in [0, 0.05) is 27.7 Å². The Morgan fingerprint density at radius 3 is 2.35 bits per heavy atom. The molecule has 1 saturated carbocycles. The number of rotatable bonds is 3. The van der Waals surface area contributed by atoms with Crippen LogP contribution in [0.25, 0.3) is 0 Å². The molecule has 0 aromatic carbocycles. The molecule has 1 heterocycles. The van der Waals surface area contributed by atoms with E-state index in [4.69, 9.17) is 5.73 Å². The number of nitrogens with zero attached hydrogens (tertiary/aromatic N) is 3. The maximum atomic E-state index is 12.5. The van der Waals surface area contributed by atoms with E-state index in [1.165, 1.54) is 28.4 Å². The number of hydrogen-bond acceptors (Lipinski definition) is 4. The Morgan fingerprint density at radius 2 is 1.80 bits per heavy atom. The number of hydrogen-bond donors (Lipinski definition) is 1. The molecule has 0 spiro atoms. The molecule has 2 rings (SSSR count). The van der Waals surface area contributed by atoms with Crippen LogP contribution in [0.4, 0.5) is 11.5 Å². The van der Waals surface area contributed by atoms with E-state index in [0.29, 0.717) is 18.2 Å². The Morgan fingerprint density at radius 1 is 1.20 bits per heavy atom. The summed E-state index contributed by atoms with van der Waals surface area (Å²) >= 11 is 0. The SMILES string of the molecule is CN(C)c1c(N)n(C)c(=O)n(CC2CCCCC2)c1=O. The Hall–Kier alpha value is -1.72. The summed E-state index contributed by atoms with van der Waals surface area (Å²) in [6.07, 6.45) is 5.83. The van der Waals surface area contributed by atoms with Gasteiger partial charge in [-0.1, -0.05) is 19.3 Å². The summed E-state index contributed by atoms with van der Waals surface area (Å²) < 4.78 is 2.71. The zero-order valence-corrected chi connectivity index (χ0v) is 12.6. The first-order valence-corrected chi connectivity index (χ1v) is 7.20. The van der Waals surface area contributed by atoms with Crippen molar-refractivity contribution < 1.29 is 0 Å². The lowest BCUT2D eigenvalue weighted by Gasteiger charge is -2.24. The molecule has 1 aromatic rings. The molecule has 6 nitrogen and oxygen atoms in total. The topological polar surface area (TPSA) is 73.3 Å². The molecule has 0 atom stereocenters. The van der Waals surface area contributed by atoms with Crippen molar-refractivity contribution >= 4 is 11.5 Å². The Labute approximate surface area is 118 Å². The summed E-state index contributed by atoms with van der Waals surface area (Å²) in [4.78, 5) is 26.5. The second kappa shape index (κ2) is 5.73. The predicted octanol–water partition coefficient (Wildman–Crippen LogP) is 0.775. The van der Waals surface area contributed by atoms with Gasteiger partial charge in [-0.15, -0.1) is 0 Å². The van der Waals surface area contributed by atoms with Crippen molar-refractivity contribution in [1.29, 1.82) is 0 Å². The van der Waals surface area contributed by atoms with Crippen LogP contribution in [0.15, 0.2) is 9.59 Å². The molecule has 112 valence electrons. The highest BCUT2D eigenvalue weighted by Gasteiger charge is 2.20. The van der Waals surface area contributed by atoms with Crippen molar-refractivity contribution in [2.75, 3.05) is 24.7 Å². The standard InChI is InChI=1S/C14H24N4O2/c1-16(2)11-12(15)17(3)14(20)18(13(11)19)9-10-7-5-4-6-8-10/h10H,4-9,15H2,1-3H3. The van der Waals surface area contributed by atoms with Gasteiger partial charge in [-0.05, 0) is 18.8 Å². The van der Waals surface area contributed by atoms with Gasteiger partial charge < -0.3 is 10.6 Å². The van der Waals surface area contributed by atoms with Crippen molar-refractivity contribution in [2.45, 2.75) is 38.6 Å². The van der Waals surface area contributed by atoms with E-state index in [1.807, 2.05) is 0 Å². The third kappa shape index (κ3) is 2.59. The molecular weight excluding hydrogens is 256 g/mol. The largest absolute Gasteiger partial charge is 0.383 e. The normalized spacial score (nSPS) is 16.4. The third-order valence-corrected chi connectivity index (χ3v) is 4.18. The fourth-order valence-electron chi connectivity index (χ4n) is 2.98. The summed E-state index contributed by atoms with van der Waals surface area (Å²) in [6.45, 7) is 0.507. The van der Waals surface area contributed by atoms with Gasteiger partial charge in [-0.2, -0.15) is 0 Å². The van der Waals surface area contributed by atoms with Gasteiger partial charge in [0.1, 0.15) is 11.5 Å². The molecule has 6 heteroatoms. The van der Waals surface area contributed by atoms with Crippen molar-refractivity contribution in [3.8, 4) is 0 Å². The molecule has 0 saturated heterocycles. The first-order valence-electron chi connectivity index (χ1n) is 7.20. The summed E-state index contributed by atoms with van der Waals surface area (Å²) in [5.41, 5.74) is 5.69. The van der Waals surface area contributed by atoms with Gasteiger partial charge in [-0.3, -0.25) is 13.9 Å². The quantitative estimate of drug-likeness (QED) is 0.888. The zero-order valence-electron chi connectivity index (χ0n) is 12.6. The van der Waals surface area contributed by atoms with Crippen LogP contribution in [0, 0.1) is 5.92 Å². The first kappa shape index (κ1) is 14.7. The molecule has 2 N–H and O–H groups in total. The smallest absolute Gasteiger partial charge is 0.332 e. The van der Waals surface area contributed by atoms with Crippen LogP contribution < -0.4 is 21.9 Å². The minimum atomic E-state index is -0.316. The number of anilines is 2. The van der Waals surface area contributed by atoms with Crippen LogP contribution in [0.5, 0.6) is 0 Å². The Kier molecular flexibility index (Phi) is 4.20. The van der Waals surface area contributed by atoms with Crippen LogP contribution in [0.3, 0.4) is 0 Å². The number of nitrogens with two attached hydrogens (primary N) is 1. The molecule has 1 aliphatic carbocycles. The number of aromatic nitrogens is 2. The maximum Gasteiger partial charge on any atom is 0.332 e. The van der Waals surface area contributed by atoms with E-state index in [0.717, 1.165) is 12.8 Å². The first-order chi connectivity index (χ1) is 9.43. The third-order valence-electron chi connectivity index (χ3n) is 4.18. The highest BCUT2D eigenvalue weighted by atomic mass is 16.2. The minimum absolute atomic E-state index is 0.227. The van der Waals surface area contributed by atoms with E-state index in [-0.39, 0.29) is 17.1 Å². The van der Waals surface area contributed by atoms with Gasteiger partial charge >= 0.3 is 5.69 Å². The van der Waals surface area contributed by atoms with Crippen molar-refractivity contribution in [1.82, 2.24) is 9.13 Å². The second-order valence-corrected chi connectivity index (χ2v) is 5.89. The van der Waals surface area contributed by atoms with Crippen LogP contribution >= 0.6 is 0 Å². The average Bonchev–Trinajstić information content (AvgIpc) is 2.42. The molecular formula is C14H24N4O2. The molecule has 1 fully saturated rings. The molecule has 1 aromatic heterocycles. The average molecular weight is 280 g/mol. The van der Waals surface area contributed by atoms with E-state index < -0.39 is 0 Å². The fourth-order valence-corrected chi connectivity index (χ4v) is 2.98. The zero-order chi connectivity index (χ0) is 14.9. The lowest BCUT2D eigenvalue weighted by atomic mass is 9.89. The lowest BCUT2D eigenvalue weighted by molar-refractivity contribution is 0.310. The molecule has 20 heavy (non-hydrogen) atoms. The van der Waals surface area contributed by atoms with Crippen molar-refractivity contribution in [3.63, 3.8) is 0 Å². The summed E-state index contributed by atoms with van der Waals surface area (Å²) in [5.74, 6) is 0.651. The minimum Gasteiger partial charge on any atom is -0.383 e. The van der Waals surface area contributed by atoms with E-state index in [9.17, 15) is 9.59 Å². The highest BCUT2D eigenvalue weighted by Crippen LogP contribution is 2.24. The molecule has 0 amide bonds. The monoisotopic (exact) mass is 280 g/mol. The predicted molar refractivity (Wildman–Crippen MR) is 81.3 cm³/mol. The van der Waals surface area contributed by atoms with E-state index in [2.05, 4.69) is 0 Å². The molecule has 0 unspecified atom stereocenters. The Bertz CT molecular complexity index is 594. The van der Waals surface area contributed by atoms with Gasteiger partial charge in [-0.25, -0.2) is 4.79 Å². The lowest BCUT2D eigenvalue weighted by Crippen LogP contribution is -2.44. The van der Waals surface area contributed by atoms with Crippen LogP contribution in [-0.4, -0.2) is 23.2 Å². The summed E-state index contributed by atoms with van der Waals surface area (Å²) in [6, 6.07) is 0. The van der Waals surface area contributed by atoms with Crippen molar-refractivity contribution in [3.05, 3.63) is 20.8 Å². The molecule has 0 aliphatic heterocycles. The van der Waals surface area contributed by atoms with Crippen LogP contribution in [0.2, 0.25) is 0 Å². The van der Waals surface area contributed by atoms with Gasteiger partial charge in [0.25, 0.3) is 5.56 Å². The maximum absolute atomic E-state index is 12.5. The van der Waals surface area contributed by atoms with E-state index in [1.54, 1.807) is 26.0 Å². The van der Waals surface area contributed by atoms with Gasteiger partial charge in [0.05, 0.1) is 0 Å². The van der Waals surface area contributed by atoms with Crippen molar-refractivity contribution in [2.24, 2.45) is 13.0 Å². The molecule has 0 bridgehead atoms. The van der Waals surface area contributed by atoms with Crippen LogP contribution in [0.1, 0.15) is 32.1 Å². The molecule has 1 aliphatic rings. The second-order valence-electron chi connectivity index (χ2n) is 5.89. The molecule has 0 radical (unpaired) electrons. The van der Waals surface area contributed by atoms with Gasteiger partial charge in [0.2, 0.25) is 0 Å². The van der Waals surface area contributed by atoms with Crippen LogP contribution in [-0.2, 0) is 13.6 Å². The highest BCUT2D eigenvalue weighted by molar-refractivity contribution is 5.61. The number of nitrogen functional groups attached to an aromatic ring is 1.